The van der Waals surface area contributed by atoms with Crippen molar-refractivity contribution < 1.29 is 9.50 Å². The van der Waals surface area contributed by atoms with Gasteiger partial charge in [-0.15, -0.1) is 0 Å². The van der Waals surface area contributed by atoms with E-state index >= 15 is 0 Å². The summed E-state index contributed by atoms with van der Waals surface area (Å²) in [6, 6.07) is 6.18. The normalized spacial score (nSPS) is 18.6. The van der Waals surface area contributed by atoms with Gasteiger partial charge in [0, 0.05) is 13.1 Å². The zero-order valence-electron chi connectivity index (χ0n) is 11.0. The molecule has 0 spiro atoms. The molecular formula is C15H22FNO. The van der Waals surface area contributed by atoms with Crippen molar-refractivity contribution in [1.82, 2.24) is 5.32 Å². The van der Waals surface area contributed by atoms with E-state index in [0.717, 1.165) is 6.54 Å². The Morgan fingerprint density at radius 1 is 1.44 bits per heavy atom. The predicted molar refractivity (Wildman–Crippen MR) is 70.8 cm³/mol. The molecule has 3 heteroatoms. The van der Waals surface area contributed by atoms with Crippen LogP contribution in [-0.4, -0.2) is 18.2 Å². The smallest absolute Gasteiger partial charge is 0.123 e. The number of benzene rings is 1. The van der Waals surface area contributed by atoms with Gasteiger partial charge < -0.3 is 10.4 Å². The maximum Gasteiger partial charge on any atom is 0.123 e. The van der Waals surface area contributed by atoms with E-state index in [0.29, 0.717) is 17.5 Å². The summed E-state index contributed by atoms with van der Waals surface area (Å²) in [5, 5.41) is 13.3. The van der Waals surface area contributed by atoms with Gasteiger partial charge in [0.25, 0.3) is 0 Å². The van der Waals surface area contributed by atoms with Crippen molar-refractivity contribution in [3.8, 4) is 0 Å². The summed E-state index contributed by atoms with van der Waals surface area (Å²) < 4.78 is 13.0. The van der Waals surface area contributed by atoms with Gasteiger partial charge in [-0.25, -0.2) is 4.39 Å². The number of rotatable bonds is 7. The molecule has 18 heavy (non-hydrogen) atoms. The molecule has 1 unspecified atom stereocenters. The van der Waals surface area contributed by atoms with Crippen LogP contribution < -0.4 is 5.32 Å². The Balaban J connectivity index is 1.77. The fourth-order valence-corrected chi connectivity index (χ4v) is 2.53. The molecule has 1 atom stereocenters. The Bertz CT molecular complexity index is 390. The first-order valence-electron chi connectivity index (χ1n) is 6.79. The number of hydrogen-bond acceptors (Lipinski definition) is 2. The Hall–Kier alpha value is -0.930. The summed E-state index contributed by atoms with van der Waals surface area (Å²) in [7, 11) is 0. The second-order valence-corrected chi connectivity index (χ2v) is 5.45. The highest BCUT2D eigenvalue weighted by Gasteiger charge is 2.40. The van der Waals surface area contributed by atoms with E-state index in [-0.39, 0.29) is 5.82 Å². The molecule has 2 rings (SSSR count). The highest BCUT2D eigenvalue weighted by Crippen LogP contribution is 2.48. The fraction of sp³-hybridized carbons (Fsp3) is 0.600. The third kappa shape index (κ3) is 3.53. The van der Waals surface area contributed by atoms with E-state index < -0.39 is 6.10 Å². The molecule has 1 aromatic rings. The predicted octanol–water partition coefficient (Wildman–Crippen LogP) is 3.03. The van der Waals surface area contributed by atoms with Gasteiger partial charge in [0.1, 0.15) is 5.82 Å². The Morgan fingerprint density at radius 3 is 2.83 bits per heavy atom. The minimum absolute atomic E-state index is 0.295. The zero-order valence-corrected chi connectivity index (χ0v) is 11.0. The Kier molecular flexibility index (Phi) is 4.36. The van der Waals surface area contributed by atoms with Crippen LogP contribution in [0.1, 0.15) is 44.3 Å². The fourth-order valence-electron chi connectivity index (χ4n) is 2.53. The number of hydrogen-bond donors (Lipinski definition) is 2. The standard InChI is InChI=1S/C15H22FNO/c1-2-6-15(7-8-15)11-17-10-14(18)12-4-3-5-13(16)9-12/h3-5,9,14,17-18H,2,6-8,10-11H2,1H3. The molecule has 1 saturated carbocycles. The second kappa shape index (κ2) is 5.81. The van der Waals surface area contributed by atoms with Gasteiger partial charge in [-0.3, -0.25) is 0 Å². The molecule has 0 amide bonds. The Morgan fingerprint density at radius 2 is 2.22 bits per heavy atom. The first-order valence-corrected chi connectivity index (χ1v) is 6.79. The monoisotopic (exact) mass is 251 g/mol. The van der Waals surface area contributed by atoms with E-state index in [4.69, 9.17) is 0 Å². The third-order valence-electron chi connectivity index (χ3n) is 3.81. The quantitative estimate of drug-likeness (QED) is 0.780. The van der Waals surface area contributed by atoms with Crippen molar-refractivity contribution in [3.63, 3.8) is 0 Å². The van der Waals surface area contributed by atoms with E-state index in [9.17, 15) is 9.50 Å². The number of halogens is 1. The molecule has 100 valence electrons. The van der Waals surface area contributed by atoms with E-state index in [1.807, 2.05) is 0 Å². The van der Waals surface area contributed by atoms with Crippen molar-refractivity contribution in [2.75, 3.05) is 13.1 Å². The van der Waals surface area contributed by atoms with Gasteiger partial charge in [-0.1, -0.05) is 25.5 Å². The summed E-state index contributed by atoms with van der Waals surface area (Å²) in [5.74, 6) is -0.295. The lowest BCUT2D eigenvalue weighted by Gasteiger charge is -2.17. The molecule has 0 aliphatic heterocycles. The lowest BCUT2D eigenvalue weighted by atomic mass is 10.0. The van der Waals surface area contributed by atoms with Crippen LogP contribution in [0.4, 0.5) is 4.39 Å². The van der Waals surface area contributed by atoms with E-state index in [1.165, 1.54) is 37.8 Å². The first-order chi connectivity index (χ1) is 8.65. The minimum atomic E-state index is -0.627. The zero-order chi connectivity index (χ0) is 13.0. The van der Waals surface area contributed by atoms with Crippen LogP contribution in [0.2, 0.25) is 0 Å². The average Bonchev–Trinajstić information content (AvgIpc) is 3.09. The molecule has 0 saturated heterocycles. The summed E-state index contributed by atoms with van der Waals surface area (Å²) in [6.45, 7) is 3.67. The molecule has 0 aromatic heterocycles. The molecule has 0 bridgehead atoms. The lowest BCUT2D eigenvalue weighted by Crippen LogP contribution is -2.28. The maximum atomic E-state index is 13.0. The van der Waals surface area contributed by atoms with Crippen LogP contribution >= 0.6 is 0 Å². The number of aliphatic hydroxyl groups excluding tert-OH is 1. The summed E-state index contributed by atoms with van der Waals surface area (Å²) in [6.07, 6.45) is 4.44. The lowest BCUT2D eigenvalue weighted by molar-refractivity contribution is 0.171. The first kappa shape index (κ1) is 13.5. The largest absolute Gasteiger partial charge is 0.387 e. The van der Waals surface area contributed by atoms with Gasteiger partial charge in [-0.05, 0) is 42.4 Å². The van der Waals surface area contributed by atoms with Gasteiger partial charge in [0.2, 0.25) is 0 Å². The summed E-state index contributed by atoms with van der Waals surface area (Å²) in [5.41, 5.74) is 1.12. The van der Waals surface area contributed by atoms with Crippen LogP contribution in [-0.2, 0) is 0 Å². The summed E-state index contributed by atoms with van der Waals surface area (Å²) >= 11 is 0. The molecular weight excluding hydrogens is 229 g/mol. The number of aliphatic hydroxyl groups is 1. The van der Waals surface area contributed by atoms with Crippen LogP contribution in [0.5, 0.6) is 0 Å². The number of nitrogens with one attached hydrogen (secondary N) is 1. The molecule has 2 N–H and O–H groups in total. The van der Waals surface area contributed by atoms with E-state index in [2.05, 4.69) is 12.2 Å². The molecule has 1 fully saturated rings. The van der Waals surface area contributed by atoms with Crippen molar-refractivity contribution in [3.05, 3.63) is 35.6 Å². The van der Waals surface area contributed by atoms with Crippen LogP contribution in [0, 0.1) is 11.2 Å². The van der Waals surface area contributed by atoms with Gasteiger partial charge in [0.15, 0.2) is 0 Å². The molecule has 0 radical (unpaired) electrons. The third-order valence-corrected chi connectivity index (χ3v) is 3.81. The highest BCUT2D eigenvalue weighted by atomic mass is 19.1. The molecule has 2 nitrogen and oxygen atoms in total. The minimum Gasteiger partial charge on any atom is -0.387 e. The van der Waals surface area contributed by atoms with Crippen molar-refractivity contribution >= 4 is 0 Å². The van der Waals surface area contributed by atoms with Crippen LogP contribution in [0.3, 0.4) is 0 Å². The Labute approximate surface area is 108 Å². The van der Waals surface area contributed by atoms with Crippen molar-refractivity contribution in [1.29, 1.82) is 0 Å². The average molecular weight is 251 g/mol. The summed E-state index contributed by atoms with van der Waals surface area (Å²) in [4.78, 5) is 0. The highest BCUT2D eigenvalue weighted by molar-refractivity contribution is 5.19. The maximum absolute atomic E-state index is 13.0. The molecule has 1 aromatic carbocycles. The SMILES string of the molecule is CCCC1(CNCC(O)c2cccc(F)c2)CC1. The molecule has 1 aliphatic carbocycles. The van der Waals surface area contributed by atoms with Gasteiger partial charge in [-0.2, -0.15) is 0 Å². The van der Waals surface area contributed by atoms with Gasteiger partial charge >= 0.3 is 0 Å². The second-order valence-electron chi connectivity index (χ2n) is 5.45. The molecule has 0 heterocycles. The topological polar surface area (TPSA) is 32.3 Å². The van der Waals surface area contributed by atoms with Crippen LogP contribution in [0.15, 0.2) is 24.3 Å². The van der Waals surface area contributed by atoms with Crippen molar-refractivity contribution in [2.45, 2.75) is 38.7 Å². The van der Waals surface area contributed by atoms with Crippen molar-refractivity contribution in [2.24, 2.45) is 5.41 Å². The molecule has 1 aliphatic rings. The van der Waals surface area contributed by atoms with E-state index in [1.54, 1.807) is 12.1 Å². The van der Waals surface area contributed by atoms with Crippen LogP contribution in [0.25, 0.3) is 0 Å². The van der Waals surface area contributed by atoms with Gasteiger partial charge in [0.05, 0.1) is 6.10 Å².